The monoisotopic (exact) mass is 322 g/mol. The van der Waals surface area contributed by atoms with Crippen molar-refractivity contribution in [1.82, 2.24) is 19.9 Å². The summed E-state index contributed by atoms with van der Waals surface area (Å²) in [5.74, 6) is -2.37. The van der Waals surface area contributed by atoms with Gasteiger partial charge in [0.25, 0.3) is 5.91 Å². The van der Waals surface area contributed by atoms with E-state index in [1.807, 2.05) is 6.07 Å². The van der Waals surface area contributed by atoms with E-state index in [-0.39, 0.29) is 17.1 Å². The molecule has 22 heavy (non-hydrogen) atoms. The van der Waals surface area contributed by atoms with Gasteiger partial charge in [0.1, 0.15) is 0 Å². The van der Waals surface area contributed by atoms with E-state index in [0.29, 0.717) is 11.5 Å². The highest BCUT2D eigenvalue weighted by atomic mass is 35.5. The van der Waals surface area contributed by atoms with Crippen LogP contribution in [0.15, 0.2) is 36.5 Å². The maximum absolute atomic E-state index is 13.2. The number of fused-ring (bicyclic) bond motifs is 1. The molecule has 0 aliphatic rings. The third-order valence-electron chi connectivity index (χ3n) is 3.05. The number of nitrogens with one attached hydrogen (secondary N) is 1. The van der Waals surface area contributed by atoms with Gasteiger partial charge in [-0.25, -0.2) is 8.78 Å². The number of nitrogens with zero attached hydrogens (tertiary/aromatic N) is 3. The Hall–Kier alpha value is -2.54. The van der Waals surface area contributed by atoms with Gasteiger partial charge in [0, 0.05) is 6.20 Å². The van der Waals surface area contributed by atoms with Crippen LogP contribution in [0.4, 0.5) is 8.78 Å². The Morgan fingerprint density at radius 3 is 2.82 bits per heavy atom. The number of carbonyl (C=O) groups is 1. The van der Waals surface area contributed by atoms with Gasteiger partial charge in [0.05, 0.1) is 17.1 Å². The fraction of sp³-hybridized carbons (Fsp3) is 0.0714. The third kappa shape index (κ3) is 2.62. The highest BCUT2D eigenvalue weighted by Gasteiger charge is 2.15. The molecule has 1 N–H and O–H groups in total. The Labute approximate surface area is 128 Å². The van der Waals surface area contributed by atoms with E-state index in [1.54, 1.807) is 22.7 Å². The van der Waals surface area contributed by atoms with Crippen molar-refractivity contribution in [3.63, 3.8) is 0 Å². The van der Waals surface area contributed by atoms with Gasteiger partial charge >= 0.3 is 0 Å². The van der Waals surface area contributed by atoms with Gasteiger partial charge in [-0.05, 0) is 24.3 Å². The molecule has 0 fully saturated rings. The van der Waals surface area contributed by atoms with Gasteiger partial charge in [-0.1, -0.05) is 17.7 Å². The molecular formula is C14H9ClF2N4O. The Morgan fingerprint density at radius 1 is 1.23 bits per heavy atom. The lowest BCUT2D eigenvalue weighted by Gasteiger charge is -2.06. The zero-order chi connectivity index (χ0) is 15.7. The summed E-state index contributed by atoms with van der Waals surface area (Å²) in [6, 6.07) is 6.90. The maximum atomic E-state index is 13.2. The van der Waals surface area contributed by atoms with Crippen LogP contribution in [-0.2, 0) is 6.54 Å². The second-order valence-corrected chi connectivity index (χ2v) is 4.88. The van der Waals surface area contributed by atoms with Gasteiger partial charge in [-0.2, -0.15) is 0 Å². The molecule has 0 saturated heterocycles. The first kappa shape index (κ1) is 14.4. The van der Waals surface area contributed by atoms with Crippen molar-refractivity contribution < 1.29 is 13.6 Å². The van der Waals surface area contributed by atoms with Crippen LogP contribution in [0.3, 0.4) is 0 Å². The molecule has 112 valence electrons. The molecule has 0 atom stereocenters. The summed E-state index contributed by atoms with van der Waals surface area (Å²) in [5.41, 5.74) is 0.493. The number of carbonyl (C=O) groups excluding carboxylic acids is 1. The molecule has 0 radical (unpaired) electrons. The van der Waals surface area contributed by atoms with E-state index in [4.69, 9.17) is 11.6 Å². The maximum Gasteiger partial charge on any atom is 0.253 e. The summed E-state index contributed by atoms with van der Waals surface area (Å²) < 4.78 is 27.9. The minimum Gasteiger partial charge on any atom is -0.345 e. The van der Waals surface area contributed by atoms with Gasteiger partial charge in [0.15, 0.2) is 23.1 Å². The Kier molecular flexibility index (Phi) is 3.72. The molecule has 0 saturated carbocycles. The number of hydrogen-bond donors (Lipinski definition) is 1. The number of amides is 1. The van der Waals surface area contributed by atoms with Crippen molar-refractivity contribution in [3.05, 3.63) is 64.6 Å². The molecule has 3 rings (SSSR count). The fourth-order valence-electron chi connectivity index (χ4n) is 1.96. The van der Waals surface area contributed by atoms with Crippen LogP contribution < -0.4 is 5.32 Å². The smallest absolute Gasteiger partial charge is 0.253 e. The molecule has 8 heteroatoms. The second kappa shape index (κ2) is 5.69. The van der Waals surface area contributed by atoms with Crippen LogP contribution in [0, 0.1) is 11.6 Å². The fourth-order valence-corrected chi connectivity index (χ4v) is 2.20. The molecule has 1 aromatic carbocycles. The van der Waals surface area contributed by atoms with E-state index in [1.165, 1.54) is 0 Å². The van der Waals surface area contributed by atoms with E-state index in [0.717, 1.165) is 12.1 Å². The van der Waals surface area contributed by atoms with E-state index in [9.17, 15) is 13.6 Å². The molecule has 0 spiro atoms. The summed E-state index contributed by atoms with van der Waals surface area (Å²) >= 11 is 5.75. The van der Waals surface area contributed by atoms with Crippen molar-refractivity contribution in [2.75, 3.05) is 0 Å². The van der Waals surface area contributed by atoms with Gasteiger partial charge in [0.2, 0.25) is 0 Å². The molecule has 3 aromatic rings. The Balaban J connectivity index is 1.79. The zero-order valence-corrected chi connectivity index (χ0v) is 11.8. The highest BCUT2D eigenvalue weighted by molar-refractivity contribution is 6.33. The first-order chi connectivity index (χ1) is 10.6. The van der Waals surface area contributed by atoms with E-state index < -0.39 is 17.5 Å². The second-order valence-electron chi connectivity index (χ2n) is 4.47. The number of pyridine rings is 1. The average Bonchev–Trinajstić information content (AvgIpc) is 2.92. The van der Waals surface area contributed by atoms with Gasteiger partial charge < -0.3 is 5.32 Å². The van der Waals surface area contributed by atoms with Crippen LogP contribution in [-0.4, -0.2) is 20.5 Å². The molecule has 5 nitrogen and oxygen atoms in total. The highest BCUT2D eigenvalue weighted by Crippen LogP contribution is 2.20. The van der Waals surface area contributed by atoms with Crippen LogP contribution in [0.2, 0.25) is 5.02 Å². The number of halogens is 3. The summed E-state index contributed by atoms with van der Waals surface area (Å²) in [4.78, 5) is 12.0. The summed E-state index contributed by atoms with van der Waals surface area (Å²) in [7, 11) is 0. The SMILES string of the molecule is O=C(NCc1nnc2ccccn12)c1cc(F)c(F)cc1Cl. The molecule has 0 bridgehead atoms. The minimum absolute atomic E-state index is 0.0688. The third-order valence-corrected chi connectivity index (χ3v) is 3.36. The predicted octanol–water partition coefficient (Wildman–Crippen LogP) is 2.59. The zero-order valence-electron chi connectivity index (χ0n) is 11.1. The van der Waals surface area contributed by atoms with Crippen molar-refractivity contribution in [1.29, 1.82) is 0 Å². The molecule has 0 aliphatic heterocycles. The van der Waals surface area contributed by atoms with Gasteiger partial charge in [-0.15, -0.1) is 10.2 Å². The Bertz CT molecular complexity index is 865. The number of aromatic nitrogens is 3. The molecule has 0 unspecified atom stereocenters. The minimum atomic E-state index is -1.14. The Morgan fingerprint density at radius 2 is 2.00 bits per heavy atom. The van der Waals surface area contributed by atoms with E-state index >= 15 is 0 Å². The summed E-state index contributed by atoms with van der Waals surface area (Å²) in [6.45, 7) is 0.0688. The van der Waals surface area contributed by atoms with Crippen LogP contribution >= 0.6 is 11.6 Å². The molecular weight excluding hydrogens is 314 g/mol. The number of benzene rings is 1. The largest absolute Gasteiger partial charge is 0.345 e. The molecule has 2 heterocycles. The molecule has 0 aliphatic carbocycles. The van der Waals surface area contributed by atoms with Gasteiger partial charge in [-0.3, -0.25) is 9.20 Å². The standard InChI is InChI=1S/C14H9ClF2N4O/c15-9-6-11(17)10(16)5-8(9)14(22)18-7-13-20-19-12-3-1-2-4-21(12)13/h1-6H,7H2,(H,18,22). The van der Waals surface area contributed by atoms with Crippen molar-refractivity contribution in [2.24, 2.45) is 0 Å². The summed E-state index contributed by atoms with van der Waals surface area (Å²) in [6.07, 6.45) is 1.75. The lowest BCUT2D eigenvalue weighted by Crippen LogP contribution is -2.24. The van der Waals surface area contributed by atoms with E-state index in [2.05, 4.69) is 15.5 Å². The average molecular weight is 323 g/mol. The van der Waals surface area contributed by atoms with Crippen LogP contribution in [0.25, 0.3) is 5.65 Å². The quantitative estimate of drug-likeness (QED) is 0.754. The van der Waals surface area contributed by atoms with Crippen molar-refractivity contribution in [2.45, 2.75) is 6.54 Å². The molecule has 1 amide bonds. The lowest BCUT2D eigenvalue weighted by atomic mass is 10.2. The number of hydrogen-bond acceptors (Lipinski definition) is 3. The number of rotatable bonds is 3. The first-order valence-corrected chi connectivity index (χ1v) is 6.65. The predicted molar refractivity (Wildman–Crippen MR) is 75.5 cm³/mol. The van der Waals surface area contributed by atoms with Crippen LogP contribution in [0.1, 0.15) is 16.2 Å². The van der Waals surface area contributed by atoms with Crippen molar-refractivity contribution in [3.8, 4) is 0 Å². The first-order valence-electron chi connectivity index (χ1n) is 6.27. The van der Waals surface area contributed by atoms with Crippen molar-refractivity contribution >= 4 is 23.2 Å². The lowest BCUT2D eigenvalue weighted by molar-refractivity contribution is 0.0949. The normalized spacial score (nSPS) is 10.9. The summed E-state index contributed by atoms with van der Waals surface area (Å²) in [5, 5.41) is 10.3. The molecule has 2 aromatic heterocycles. The van der Waals surface area contributed by atoms with Crippen LogP contribution in [0.5, 0.6) is 0 Å². The topological polar surface area (TPSA) is 59.3 Å².